The summed E-state index contributed by atoms with van der Waals surface area (Å²) in [6, 6.07) is 13.7. The van der Waals surface area contributed by atoms with Crippen LogP contribution in [-0.4, -0.2) is 21.3 Å². The summed E-state index contributed by atoms with van der Waals surface area (Å²) in [7, 11) is 0. The van der Waals surface area contributed by atoms with Gasteiger partial charge in [0.25, 0.3) is 0 Å². The molecule has 3 rings (SSSR count). The lowest BCUT2D eigenvalue weighted by Gasteiger charge is -2.03. The number of aromatic amines is 1. The third-order valence-corrected chi connectivity index (χ3v) is 3.08. The topological polar surface area (TPSA) is 66.0 Å². The van der Waals surface area contributed by atoms with Gasteiger partial charge in [-0.3, -0.25) is 9.89 Å². The zero-order valence-corrected chi connectivity index (χ0v) is 10.1. The Balaban J connectivity index is 1.94. The largest absolute Gasteiger partial charge is 0.481 e. The zero-order chi connectivity index (χ0) is 13.2. The second-order valence-electron chi connectivity index (χ2n) is 4.44. The molecule has 4 heteroatoms. The van der Waals surface area contributed by atoms with Crippen LogP contribution in [0.5, 0.6) is 0 Å². The van der Waals surface area contributed by atoms with E-state index in [2.05, 4.69) is 16.3 Å². The molecule has 0 radical (unpaired) electrons. The molecule has 0 bridgehead atoms. The van der Waals surface area contributed by atoms with E-state index in [4.69, 9.17) is 5.11 Å². The summed E-state index contributed by atoms with van der Waals surface area (Å²) in [5.74, 6) is -0.812. The van der Waals surface area contributed by atoms with Crippen LogP contribution in [0.25, 0.3) is 22.0 Å². The van der Waals surface area contributed by atoms with Crippen molar-refractivity contribution in [2.75, 3.05) is 0 Å². The lowest BCUT2D eigenvalue weighted by Crippen LogP contribution is -1.99. The fourth-order valence-electron chi connectivity index (χ4n) is 2.11. The van der Waals surface area contributed by atoms with Crippen molar-refractivity contribution < 1.29 is 9.90 Å². The number of aliphatic carboxylic acids is 1. The van der Waals surface area contributed by atoms with Gasteiger partial charge in [0.1, 0.15) is 0 Å². The molecule has 2 N–H and O–H groups in total. The van der Waals surface area contributed by atoms with Crippen LogP contribution in [0.1, 0.15) is 5.56 Å². The molecule has 0 unspecified atom stereocenters. The molecule has 94 valence electrons. The summed E-state index contributed by atoms with van der Waals surface area (Å²) < 4.78 is 0. The number of benzene rings is 2. The number of nitrogens with one attached hydrogen (secondary N) is 1. The average Bonchev–Trinajstić information content (AvgIpc) is 2.86. The van der Waals surface area contributed by atoms with Gasteiger partial charge in [0.05, 0.1) is 18.1 Å². The maximum absolute atomic E-state index is 10.6. The summed E-state index contributed by atoms with van der Waals surface area (Å²) >= 11 is 0. The molecule has 19 heavy (non-hydrogen) atoms. The van der Waals surface area contributed by atoms with Crippen molar-refractivity contribution in [2.24, 2.45) is 0 Å². The van der Waals surface area contributed by atoms with Crippen LogP contribution < -0.4 is 0 Å². The lowest BCUT2D eigenvalue weighted by atomic mass is 10.0. The number of rotatable bonds is 3. The Hall–Kier alpha value is -2.62. The molecule has 0 atom stereocenters. The first-order valence-electron chi connectivity index (χ1n) is 5.96. The van der Waals surface area contributed by atoms with Crippen molar-refractivity contribution in [1.29, 1.82) is 0 Å². The predicted molar refractivity (Wildman–Crippen MR) is 72.9 cm³/mol. The molecule has 1 aromatic heterocycles. The molecule has 0 aliphatic rings. The van der Waals surface area contributed by atoms with Gasteiger partial charge in [0.15, 0.2) is 0 Å². The van der Waals surface area contributed by atoms with Crippen molar-refractivity contribution in [3.63, 3.8) is 0 Å². The van der Waals surface area contributed by atoms with Crippen LogP contribution in [0, 0.1) is 0 Å². The van der Waals surface area contributed by atoms with Crippen LogP contribution in [0.15, 0.2) is 48.7 Å². The normalized spacial score (nSPS) is 10.7. The molecule has 0 spiro atoms. The summed E-state index contributed by atoms with van der Waals surface area (Å²) in [6.07, 6.45) is 1.85. The Morgan fingerprint density at radius 3 is 2.58 bits per heavy atom. The molecule has 4 nitrogen and oxygen atoms in total. The standard InChI is InChI=1S/C15H12N2O2/c18-15(19)7-10-1-3-11(4-2-10)12-5-6-14-13(8-12)9-16-17-14/h1-6,8-9H,7H2,(H,16,17)(H,18,19). The molecule has 2 aromatic carbocycles. The van der Waals surface area contributed by atoms with Crippen LogP contribution in [0.3, 0.4) is 0 Å². The van der Waals surface area contributed by atoms with E-state index in [1.165, 1.54) is 0 Å². The number of nitrogens with zero attached hydrogens (tertiary/aromatic N) is 1. The van der Waals surface area contributed by atoms with Gasteiger partial charge < -0.3 is 5.11 Å². The minimum atomic E-state index is -0.812. The highest BCUT2D eigenvalue weighted by molar-refractivity contribution is 5.84. The number of carbonyl (C=O) groups is 1. The van der Waals surface area contributed by atoms with Gasteiger partial charge >= 0.3 is 5.97 Å². The fourth-order valence-corrected chi connectivity index (χ4v) is 2.11. The number of hydrogen-bond acceptors (Lipinski definition) is 2. The van der Waals surface area contributed by atoms with E-state index < -0.39 is 5.97 Å². The minimum absolute atomic E-state index is 0.0566. The Morgan fingerprint density at radius 1 is 1.11 bits per heavy atom. The Bertz CT molecular complexity index is 729. The van der Waals surface area contributed by atoms with Gasteiger partial charge in [-0.25, -0.2) is 0 Å². The number of aromatic nitrogens is 2. The SMILES string of the molecule is O=C(O)Cc1ccc(-c2ccc3[nH]ncc3c2)cc1. The highest BCUT2D eigenvalue weighted by Crippen LogP contribution is 2.23. The Morgan fingerprint density at radius 2 is 1.84 bits per heavy atom. The van der Waals surface area contributed by atoms with Crippen molar-refractivity contribution in [3.8, 4) is 11.1 Å². The van der Waals surface area contributed by atoms with E-state index in [1.54, 1.807) is 6.20 Å². The number of carboxylic acid groups (broad SMARTS) is 1. The lowest BCUT2D eigenvalue weighted by molar-refractivity contribution is -0.136. The monoisotopic (exact) mass is 252 g/mol. The van der Waals surface area contributed by atoms with Crippen molar-refractivity contribution >= 4 is 16.9 Å². The molecular weight excluding hydrogens is 240 g/mol. The van der Waals surface area contributed by atoms with E-state index in [-0.39, 0.29) is 6.42 Å². The summed E-state index contributed by atoms with van der Waals surface area (Å²) in [5, 5.41) is 16.7. The Kier molecular flexibility index (Phi) is 2.76. The number of hydrogen-bond donors (Lipinski definition) is 2. The molecule has 0 saturated carbocycles. The molecule has 0 fully saturated rings. The molecular formula is C15H12N2O2. The van der Waals surface area contributed by atoms with Crippen molar-refractivity contribution in [1.82, 2.24) is 10.2 Å². The van der Waals surface area contributed by atoms with E-state index in [1.807, 2.05) is 36.4 Å². The van der Waals surface area contributed by atoms with E-state index in [0.717, 1.165) is 27.6 Å². The van der Waals surface area contributed by atoms with Gasteiger partial charge in [-0.1, -0.05) is 30.3 Å². The number of H-pyrrole nitrogens is 1. The van der Waals surface area contributed by atoms with E-state index >= 15 is 0 Å². The van der Waals surface area contributed by atoms with Gasteiger partial charge in [-0.2, -0.15) is 5.10 Å². The molecule has 1 heterocycles. The van der Waals surface area contributed by atoms with Crippen molar-refractivity contribution in [2.45, 2.75) is 6.42 Å². The van der Waals surface area contributed by atoms with E-state index in [9.17, 15) is 4.79 Å². The highest BCUT2D eigenvalue weighted by atomic mass is 16.4. The molecule has 3 aromatic rings. The Labute approximate surface area is 109 Å². The molecule has 0 amide bonds. The molecule has 0 saturated heterocycles. The maximum atomic E-state index is 10.6. The smallest absolute Gasteiger partial charge is 0.307 e. The summed E-state index contributed by atoms with van der Waals surface area (Å²) in [5.41, 5.74) is 3.97. The average molecular weight is 252 g/mol. The fraction of sp³-hybridized carbons (Fsp3) is 0.0667. The maximum Gasteiger partial charge on any atom is 0.307 e. The molecule has 0 aliphatic carbocycles. The van der Waals surface area contributed by atoms with Crippen molar-refractivity contribution in [3.05, 3.63) is 54.2 Å². The van der Waals surface area contributed by atoms with Gasteiger partial charge in [-0.15, -0.1) is 0 Å². The zero-order valence-electron chi connectivity index (χ0n) is 10.1. The first kappa shape index (κ1) is 11.5. The van der Waals surface area contributed by atoms with Gasteiger partial charge in [-0.05, 0) is 28.8 Å². The van der Waals surface area contributed by atoms with Gasteiger partial charge in [0, 0.05) is 5.39 Å². The summed E-state index contributed by atoms with van der Waals surface area (Å²) in [6.45, 7) is 0. The van der Waals surface area contributed by atoms with E-state index in [0.29, 0.717) is 0 Å². The minimum Gasteiger partial charge on any atom is -0.481 e. The van der Waals surface area contributed by atoms with Crippen LogP contribution in [-0.2, 0) is 11.2 Å². The highest BCUT2D eigenvalue weighted by Gasteiger charge is 2.03. The molecule has 0 aliphatic heterocycles. The second kappa shape index (κ2) is 4.57. The third-order valence-electron chi connectivity index (χ3n) is 3.08. The quantitative estimate of drug-likeness (QED) is 0.753. The van der Waals surface area contributed by atoms with Crippen LogP contribution >= 0.6 is 0 Å². The van der Waals surface area contributed by atoms with Crippen LogP contribution in [0.4, 0.5) is 0 Å². The predicted octanol–water partition coefficient (Wildman–Crippen LogP) is 2.86. The number of fused-ring (bicyclic) bond motifs is 1. The first-order chi connectivity index (χ1) is 9.22. The van der Waals surface area contributed by atoms with Crippen LogP contribution in [0.2, 0.25) is 0 Å². The number of carboxylic acids is 1. The van der Waals surface area contributed by atoms with Gasteiger partial charge in [0.2, 0.25) is 0 Å². The summed E-state index contributed by atoms with van der Waals surface area (Å²) in [4.78, 5) is 10.6. The first-order valence-corrected chi connectivity index (χ1v) is 5.96. The second-order valence-corrected chi connectivity index (χ2v) is 4.44. The third kappa shape index (κ3) is 2.33.